The Balaban J connectivity index is 1.71. The van der Waals surface area contributed by atoms with Gasteiger partial charge in [-0.25, -0.2) is 4.79 Å². The quantitative estimate of drug-likeness (QED) is 0.360. The van der Waals surface area contributed by atoms with E-state index in [0.717, 1.165) is 10.4 Å². The lowest BCUT2D eigenvalue weighted by Crippen LogP contribution is -2.67. The number of aromatic nitrogens is 2. The standard InChI is InChI=1S/C30H40N2O7Si/c1-20-17-32(29(35)31-27(20)34)28-26(37-18-21(2)36-6)25(33)24(39-28)19-38-40(30(3,4)5,22-13-9-7-10-14-22)23-15-11-8-12-16-23/h7-17,21,24-26,28,33H,18-19H2,1-6H3,(H,31,34,35)/t21?,24-,25?,26?,28-/m1/s1. The van der Waals surface area contributed by atoms with Gasteiger partial charge >= 0.3 is 5.69 Å². The van der Waals surface area contributed by atoms with Gasteiger partial charge < -0.3 is 23.7 Å². The molecule has 3 unspecified atom stereocenters. The molecule has 2 N–H and O–H groups in total. The summed E-state index contributed by atoms with van der Waals surface area (Å²) in [5.74, 6) is 0. The lowest BCUT2D eigenvalue weighted by atomic mass is 10.1. The molecule has 4 rings (SSSR count). The van der Waals surface area contributed by atoms with Crippen LogP contribution in [0.25, 0.3) is 0 Å². The highest BCUT2D eigenvalue weighted by atomic mass is 28.4. The molecule has 0 bridgehead atoms. The Labute approximate surface area is 235 Å². The number of aliphatic hydroxyl groups is 1. The van der Waals surface area contributed by atoms with Crippen LogP contribution in [0.5, 0.6) is 0 Å². The summed E-state index contributed by atoms with van der Waals surface area (Å²) in [7, 11) is -1.33. The molecular weight excluding hydrogens is 528 g/mol. The first-order chi connectivity index (χ1) is 19.0. The molecule has 0 spiro atoms. The zero-order valence-electron chi connectivity index (χ0n) is 24.0. The molecule has 2 heterocycles. The molecule has 10 heteroatoms. The fourth-order valence-corrected chi connectivity index (χ4v) is 9.89. The Morgan fingerprint density at radius 2 is 1.62 bits per heavy atom. The molecule has 0 aliphatic carbocycles. The maximum Gasteiger partial charge on any atom is 0.330 e. The molecule has 2 aromatic carbocycles. The second kappa shape index (κ2) is 12.3. The molecule has 216 valence electrons. The number of nitrogens with one attached hydrogen (secondary N) is 1. The van der Waals surface area contributed by atoms with Crippen molar-refractivity contribution in [2.24, 2.45) is 0 Å². The van der Waals surface area contributed by atoms with Gasteiger partial charge in [-0.1, -0.05) is 81.4 Å². The van der Waals surface area contributed by atoms with Crippen molar-refractivity contribution in [2.75, 3.05) is 20.3 Å². The maximum absolute atomic E-state index is 12.8. The number of aryl methyl sites for hydroxylation is 1. The Morgan fingerprint density at radius 1 is 1.05 bits per heavy atom. The number of hydrogen-bond acceptors (Lipinski definition) is 7. The summed E-state index contributed by atoms with van der Waals surface area (Å²) in [6.45, 7) is 10.2. The maximum atomic E-state index is 12.8. The minimum Gasteiger partial charge on any atom is -0.405 e. The fraction of sp³-hybridized carbons (Fsp3) is 0.467. The van der Waals surface area contributed by atoms with Crippen LogP contribution in [0, 0.1) is 6.92 Å². The number of nitrogens with zero attached hydrogens (tertiary/aromatic N) is 1. The summed E-state index contributed by atoms with van der Waals surface area (Å²) >= 11 is 0. The van der Waals surface area contributed by atoms with Gasteiger partial charge in [0.15, 0.2) is 6.23 Å². The molecule has 1 aliphatic rings. The van der Waals surface area contributed by atoms with Gasteiger partial charge in [0.05, 0.1) is 19.3 Å². The first-order valence-corrected chi connectivity index (χ1v) is 15.5. The third kappa shape index (κ3) is 5.92. The summed E-state index contributed by atoms with van der Waals surface area (Å²) in [6, 6.07) is 20.4. The van der Waals surface area contributed by atoms with Crippen molar-refractivity contribution in [1.82, 2.24) is 9.55 Å². The van der Waals surface area contributed by atoms with Crippen LogP contribution in [0.3, 0.4) is 0 Å². The van der Waals surface area contributed by atoms with E-state index in [9.17, 15) is 14.7 Å². The zero-order valence-corrected chi connectivity index (χ0v) is 25.0. The van der Waals surface area contributed by atoms with E-state index >= 15 is 0 Å². The number of methoxy groups -OCH3 is 1. The van der Waals surface area contributed by atoms with E-state index in [1.165, 1.54) is 10.8 Å². The van der Waals surface area contributed by atoms with Crippen molar-refractivity contribution in [3.05, 3.63) is 93.3 Å². The van der Waals surface area contributed by atoms with Gasteiger partial charge in [0.25, 0.3) is 13.9 Å². The van der Waals surface area contributed by atoms with Gasteiger partial charge in [-0.3, -0.25) is 14.3 Å². The van der Waals surface area contributed by atoms with Gasteiger partial charge in [-0.15, -0.1) is 0 Å². The molecule has 1 fully saturated rings. The number of hydrogen-bond donors (Lipinski definition) is 2. The van der Waals surface area contributed by atoms with Crippen LogP contribution in [0.15, 0.2) is 76.4 Å². The number of rotatable bonds is 10. The van der Waals surface area contributed by atoms with Crippen LogP contribution < -0.4 is 21.6 Å². The van der Waals surface area contributed by atoms with Crippen molar-refractivity contribution in [2.45, 2.75) is 70.3 Å². The number of H-pyrrole nitrogens is 1. The lowest BCUT2D eigenvalue weighted by Gasteiger charge is -2.43. The molecule has 9 nitrogen and oxygen atoms in total. The monoisotopic (exact) mass is 568 g/mol. The highest BCUT2D eigenvalue weighted by molar-refractivity contribution is 6.99. The largest absolute Gasteiger partial charge is 0.405 e. The summed E-state index contributed by atoms with van der Waals surface area (Å²) in [5.41, 5.74) is -0.778. The molecular formula is C30H40N2O7Si. The van der Waals surface area contributed by atoms with Crippen molar-refractivity contribution in [3.8, 4) is 0 Å². The van der Waals surface area contributed by atoms with E-state index in [1.54, 1.807) is 14.0 Å². The average molecular weight is 569 g/mol. The van der Waals surface area contributed by atoms with Crippen LogP contribution in [-0.2, 0) is 18.6 Å². The minimum absolute atomic E-state index is 0.0712. The normalized spacial score (nSPS) is 22.4. The highest BCUT2D eigenvalue weighted by Crippen LogP contribution is 2.38. The third-order valence-corrected chi connectivity index (χ3v) is 12.5. The zero-order chi connectivity index (χ0) is 29.1. The van der Waals surface area contributed by atoms with Gasteiger partial charge in [0.2, 0.25) is 0 Å². The minimum atomic E-state index is -2.91. The van der Waals surface area contributed by atoms with Crippen LogP contribution in [0.4, 0.5) is 0 Å². The summed E-state index contributed by atoms with van der Waals surface area (Å²) in [6.07, 6.45) is -2.59. The molecule has 0 amide bonds. The number of aromatic amines is 1. The molecule has 1 saturated heterocycles. The molecule has 5 atom stereocenters. The SMILES string of the molecule is COC(C)COC1C(O)[C@@H](CO[Si](c2ccccc2)(c2ccccc2)C(C)(C)C)O[C@H]1n1cc(C)c(=O)[nH]c1=O. The van der Waals surface area contributed by atoms with E-state index in [1.807, 2.05) is 43.3 Å². The third-order valence-electron chi connectivity index (χ3n) is 7.54. The second-order valence-electron chi connectivity index (χ2n) is 11.4. The predicted octanol–water partition coefficient (Wildman–Crippen LogP) is 2.10. The van der Waals surface area contributed by atoms with Crippen LogP contribution in [0.2, 0.25) is 5.04 Å². The van der Waals surface area contributed by atoms with E-state index < -0.39 is 44.1 Å². The van der Waals surface area contributed by atoms with Gasteiger partial charge in [-0.2, -0.15) is 0 Å². The van der Waals surface area contributed by atoms with E-state index in [-0.39, 0.29) is 24.4 Å². The van der Waals surface area contributed by atoms with Crippen molar-refractivity contribution >= 4 is 18.7 Å². The van der Waals surface area contributed by atoms with Crippen LogP contribution in [-0.4, -0.2) is 67.7 Å². The van der Waals surface area contributed by atoms with E-state index in [4.69, 9.17) is 18.6 Å². The highest BCUT2D eigenvalue weighted by Gasteiger charge is 2.52. The van der Waals surface area contributed by atoms with Gasteiger partial charge in [-0.05, 0) is 29.3 Å². The first-order valence-electron chi connectivity index (χ1n) is 13.5. The van der Waals surface area contributed by atoms with Crippen molar-refractivity contribution < 1.29 is 23.7 Å². The van der Waals surface area contributed by atoms with Crippen LogP contribution >= 0.6 is 0 Å². The molecule has 0 radical (unpaired) electrons. The number of aliphatic hydroxyl groups excluding tert-OH is 1. The predicted molar refractivity (Wildman–Crippen MR) is 156 cm³/mol. The summed E-state index contributed by atoms with van der Waals surface area (Å²) in [4.78, 5) is 27.1. The fourth-order valence-electron chi connectivity index (χ4n) is 5.32. The van der Waals surface area contributed by atoms with Gasteiger partial charge in [0, 0.05) is 18.9 Å². The Morgan fingerprint density at radius 3 is 2.15 bits per heavy atom. The molecule has 1 aromatic heterocycles. The number of ether oxygens (including phenoxy) is 3. The Kier molecular flexibility index (Phi) is 9.28. The molecule has 0 saturated carbocycles. The smallest absolute Gasteiger partial charge is 0.330 e. The van der Waals surface area contributed by atoms with E-state index in [0.29, 0.717) is 5.56 Å². The van der Waals surface area contributed by atoms with Gasteiger partial charge in [0.1, 0.15) is 18.3 Å². The Hall–Kier alpha value is -2.86. The van der Waals surface area contributed by atoms with Crippen LogP contribution in [0.1, 0.15) is 39.5 Å². The topological polar surface area (TPSA) is 112 Å². The average Bonchev–Trinajstić information content (AvgIpc) is 3.24. The number of benzene rings is 2. The second-order valence-corrected chi connectivity index (χ2v) is 15.7. The summed E-state index contributed by atoms with van der Waals surface area (Å²) in [5, 5.41) is 13.4. The summed E-state index contributed by atoms with van der Waals surface area (Å²) < 4.78 is 26.0. The van der Waals surface area contributed by atoms with Crippen molar-refractivity contribution in [3.63, 3.8) is 0 Å². The van der Waals surface area contributed by atoms with Crippen molar-refractivity contribution in [1.29, 1.82) is 0 Å². The molecule has 40 heavy (non-hydrogen) atoms. The molecule has 3 aromatic rings. The lowest BCUT2D eigenvalue weighted by molar-refractivity contribution is -0.0941. The Bertz CT molecular complexity index is 1330. The van der Waals surface area contributed by atoms with E-state index in [2.05, 4.69) is 50.0 Å². The molecule has 1 aliphatic heterocycles. The first kappa shape index (κ1) is 30.1.